The molecule has 2 aromatic heterocycles. The Morgan fingerprint density at radius 3 is 2.79 bits per heavy atom. The normalized spacial score (nSPS) is 10.9. The lowest BCUT2D eigenvalue weighted by Crippen LogP contribution is -2.06. The van der Waals surface area contributed by atoms with Gasteiger partial charge in [0.1, 0.15) is 12.3 Å². The van der Waals surface area contributed by atoms with E-state index in [4.69, 9.17) is 4.74 Å². The summed E-state index contributed by atoms with van der Waals surface area (Å²) >= 11 is 0. The minimum atomic E-state index is -3.16. The number of ether oxygens (including phenoxy) is 2. The molecule has 3 aromatic rings. The Balaban J connectivity index is 1.70. The van der Waals surface area contributed by atoms with Crippen molar-refractivity contribution in [3.63, 3.8) is 0 Å². The van der Waals surface area contributed by atoms with Gasteiger partial charge in [-0.1, -0.05) is 5.21 Å². The van der Waals surface area contributed by atoms with E-state index in [1.807, 2.05) is 0 Å². The predicted molar refractivity (Wildman–Crippen MR) is 88.4 cm³/mol. The number of aromatic nitrogens is 5. The first-order valence-electron chi connectivity index (χ1n) is 8.01. The molecule has 8 nitrogen and oxygen atoms in total. The molecule has 0 aliphatic rings. The van der Waals surface area contributed by atoms with Gasteiger partial charge in [0.05, 0.1) is 18.1 Å². The molecule has 0 saturated heterocycles. The van der Waals surface area contributed by atoms with Crippen LogP contribution in [0.15, 0.2) is 30.6 Å². The lowest BCUT2D eigenvalue weighted by atomic mass is 10.3. The molecule has 3 rings (SSSR count). The third-order valence-electron chi connectivity index (χ3n) is 3.35. The van der Waals surface area contributed by atoms with Gasteiger partial charge in [0.2, 0.25) is 0 Å². The van der Waals surface area contributed by atoms with Crippen LogP contribution in [-0.4, -0.2) is 38.1 Å². The van der Waals surface area contributed by atoms with Crippen LogP contribution in [0, 0.1) is 11.6 Å². The van der Waals surface area contributed by atoms with Gasteiger partial charge in [-0.05, 0) is 19.1 Å². The average molecular weight is 398 g/mol. The summed E-state index contributed by atoms with van der Waals surface area (Å²) in [4.78, 5) is 7.60. The highest BCUT2D eigenvalue weighted by Gasteiger charge is 2.13. The fourth-order valence-electron chi connectivity index (χ4n) is 2.16. The van der Waals surface area contributed by atoms with Crippen LogP contribution in [-0.2, 0) is 6.61 Å². The maximum atomic E-state index is 13.5. The quantitative estimate of drug-likeness (QED) is 0.584. The van der Waals surface area contributed by atoms with E-state index in [2.05, 4.69) is 30.3 Å². The van der Waals surface area contributed by atoms with Crippen molar-refractivity contribution < 1.29 is 27.0 Å². The van der Waals surface area contributed by atoms with Gasteiger partial charge in [-0.3, -0.25) is 0 Å². The summed E-state index contributed by atoms with van der Waals surface area (Å²) in [5, 5.41) is 10.4. The number of rotatable bonds is 8. The summed E-state index contributed by atoms with van der Waals surface area (Å²) in [7, 11) is 0. The molecule has 0 radical (unpaired) electrons. The molecular formula is C16H14F4N6O2. The van der Waals surface area contributed by atoms with E-state index in [1.54, 1.807) is 6.92 Å². The molecule has 0 aliphatic heterocycles. The fraction of sp³-hybridized carbons (Fsp3) is 0.250. The van der Waals surface area contributed by atoms with Crippen LogP contribution in [0.4, 0.5) is 23.4 Å². The van der Waals surface area contributed by atoms with Gasteiger partial charge < -0.3 is 14.8 Å². The summed E-state index contributed by atoms with van der Waals surface area (Å²) in [5.41, 5.74) is 0.599. The molecule has 0 atom stereocenters. The monoisotopic (exact) mass is 398 g/mol. The third kappa shape index (κ3) is 4.64. The van der Waals surface area contributed by atoms with Crippen LogP contribution < -0.4 is 14.8 Å². The van der Waals surface area contributed by atoms with Crippen LogP contribution in [0.25, 0.3) is 5.69 Å². The Kier molecular flexibility index (Phi) is 5.87. The van der Waals surface area contributed by atoms with Gasteiger partial charge >= 0.3 is 12.6 Å². The van der Waals surface area contributed by atoms with Crippen molar-refractivity contribution in [2.45, 2.75) is 20.1 Å². The molecule has 0 fully saturated rings. The van der Waals surface area contributed by atoms with Gasteiger partial charge in [0, 0.05) is 12.6 Å². The number of nitrogens with one attached hydrogen (secondary N) is 1. The van der Waals surface area contributed by atoms with Gasteiger partial charge in [0.15, 0.2) is 23.2 Å². The zero-order chi connectivity index (χ0) is 20.1. The Bertz CT molecular complexity index is 953. The molecular weight excluding hydrogens is 384 g/mol. The van der Waals surface area contributed by atoms with Crippen molar-refractivity contribution >= 4 is 5.82 Å². The van der Waals surface area contributed by atoms with E-state index in [-0.39, 0.29) is 24.1 Å². The van der Waals surface area contributed by atoms with Crippen LogP contribution >= 0.6 is 0 Å². The van der Waals surface area contributed by atoms with Crippen LogP contribution in [0.1, 0.15) is 12.6 Å². The second kappa shape index (κ2) is 8.50. The molecule has 12 heteroatoms. The van der Waals surface area contributed by atoms with Gasteiger partial charge in [-0.25, -0.2) is 18.4 Å². The maximum absolute atomic E-state index is 13.5. The van der Waals surface area contributed by atoms with E-state index in [1.165, 1.54) is 16.9 Å². The molecule has 28 heavy (non-hydrogen) atoms. The number of benzene rings is 1. The Hall–Kier alpha value is -3.44. The summed E-state index contributed by atoms with van der Waals surface area (Å²) in [6.45, 7) is -0.990. The molecule has 0 unspecified atom stereocenters. The second-order valence-corrected chi connectivity index (χ2v) is 5.32. The van der Waals surface area contributed by atoms with Crippen LogP contribution in [0.2, 0.25) is 0 Å². The van der Waals surface area contributed by atoms with Crippen molar-refractivity contribution in [2.24, 2.45) is 0 Å². The van der Waals surface area contributed by atoms with Crippen molar-refractivity contribution in [3.8, 4) is 17.4 Å². The number of anilines is 1. The Morgan fingerprint density at radius 2 is 2.04 bits per heavy atom. The predicted octanol–water partition coefficient (Wildman–Crippen LogP) is 2.95. The fourth-order valence-corrected chi connectivity index (χ4v) is 2.16. The molecule has 0 amide bonds. The minimum Gasteiger partial charge on any atom is -0.457 e. The highest BCUT2D eigenvalue weighted by atomic mass is 19.3. The molecule has 0 saturated carbocycles. The van der Waals surface area contributed by atoms with Crippen LogP contribution in [0.5, 0.6) is 11.8 Å². The molecule has 148 valence electrons. The van der Waals surface area contributed by atoms with E-state index in [0.717, 1.165) is 18.3 Å². The topological polar surface area (TPSA) is 87.0 Å². The van der Waals surface area contributed by atoms with E-state index < -0.39 is 24.0 Å². The first kappa shape index (κ1) is 19.3. The zero-order valence-corrected chi connectivity index (χ0v) is 14.4. The van der Waals surface area contributed by atoms with E-state index >= 15 is 0 Å². The third-order valence-corrected chi connectivity index (χ3v) is 3.35. The summed E-state index contributed by atoms with van der Waals surface area (Å²) in [5.74, 6) is -2.15. The lowest BCUT2D eigenvalue weighted by Gasteiger charge is -2.07. The van der Waals surface area contributed by atoms with Crippen molar-refractivity contribution in [1.82, 2.24) is 25.0 Å². The number of halogens is 4. The van der Waals surface area contributed by atoms with E-state index in [9.17, 15) is 17.6 Å². The van der Waals surface area contributed by atoms with Crippen molar-refractivity contribution in [1.29, 1.82) is 0 Å². The molecule has 0 bridgehead atoms. The number of hydrogen-bond acceptors (Lipinski definition) is 7. The van der Waals surface area contributed by atoms with Gasteiger partial charge in [-0.2, -0.15) is 13.8 Å². The largest absolute Gasteiger partial charge is 0.457 e. The summed E-state index contributed by atoms with van der Waals surface area (Å²) < 4.78 is 62.3. The molecule has 2 heterocycles. The highest BCUT2D eigenvalue weighted by molar-refractivity contribution is 5.39. The standard InChI is InChI=1S/C16H14F4N6O2/c1-2-21-14-12(18)6-22-16(23-14)27-8-9-7-26(25-24-9)10-3-4-11(17)13(5-10)28-15(19)20/h3-7,15H,2,8H2,1H3,(H,21,22,23). The summed E-state index contributed by atoms with van der Waals surface area (Å²) in [6, 6.07) is 3.28. The Labute approximate surface area is 156 Å². The molecule has 0 aliphatic carbocycles. The lowest BCUT2D eigenvalue weighted by molar-refractivity contribution is -0.0521. The van der Waals surface area contributed by atoms with Crippen molar-refractivity contribution in [2.75, 3.05) is 11.9 Å². The number of hydrogen-bond donors (Lipinski definition) is 1. The minimum absolute atomic E-state index is 0.00836. The molecule has 1 aromatic carbocycles. The molecule has 0 spiro atoms. The van der Waals surface area contributed by atoms with Gasteiger partial charge in [0.25, 0.3) is 0 Å². The highest BCUT2D eigenvalue weighted by Crippen LogP contribution is 2.23. The zero-order valence-electron chi connectivity index (χ0n) is 14.4. The summed E-state index contributed by atoms with van der Waals surface area (Å²) in [6.07, 6.45) is 2.41. The number of alkyl halides is 2. The van der Waals surface area contributed by atoms with E-state index in [0.29, 0.717) is 12.2 Å². The first-order chi connectivity index (χ1) is 13.5. The SMILES string of the molecule is CCNc1nc(OCc2cn(-c3ccc(F)c(OC(F)F)c3)nn2)ncc1F. The first-order valence-corrected chi connectivity index (χ1v) is 8.01. The van der Waals surface area contributed by atoms with Gasteiger partial charge in [-0.15, -0.1) is 5.10 Å². The maximum Gasteiger partial charge on any atom is 0.387 e. The Morgan fingerprint density at radius 1 is 1.21 bits per heavy atom. The smallest absolute Gasteiger partial charge is 0.387 e. The van der Waals surface area contributed by atoms with Crippen LogP contribution in [0.3, 0.4) is 0 Å². The second-order valence-electron chi connectivity index (χ2n) is 5.32. The number of nitrogens with zero attached hydrogens (tertiary/aromatic N) is 5. The van der Waals surface area contributed by atoms with Crippen molar-refractivity contribution in [3.05, 3.63) is 47.9 Å². The average Bonchev–Trinajstić information content (AvgIpc) is 3.13. The molecule has 1 N–H and O–H groups in total.